The largest absolute Gasteiger partial charge is 0.208 e. The first-order valence-electron chi connectivity index (χ1n) is 22.3. The first-order valence-corrected chi connectivity index (χ1v) is 28.3. The van der Waals surface area contributed by atoms with Crippen LogP contribution in [0.15, 0.2) is 95.7 Å². The van der Waals surface area contributed by atoms with E-state index in [-0.39, 0.29) is 0 Å². The Balaban J connectivity index is 1.44. The molecule has 6 nitrogen and oxygen atoms in total. The second-order valence-corrected chi connectivity index (χ2v) is 22.2. The van der Waals surface area contributed by atoms with Crippen molar-refractivity contribution in [1.82, 2.24) is 0 Å². The van der Waals surface area contributed by atoms with Gasteiger partial charge in [0.2, 0.25) is 0 Å². The van der Waals surface area contributed by atoms with Crippen LogP contribution in [0.1, 0.15) is 152 Å². The van der Waals surface area contributed by atoms with Crippen molar-refractivity contribution >= 4 is 106 Å². The van der Waals surface area contributed by atoms with E-state index >= 15 is 0 Å². The highest BCUT2D eigenvalue weighted by Gasteiger charge is 2.33. The summed E-state index contributed by atoms with van der Waals surface area (Å²) < 4.78 is 0. The van der Waals surface area contributed by atoms with Crippen LogP contribution in [0.3, 0.4) is 0 Å². The van der Waals surface area contributed by atoms with Crippen molar-refractivity contribution in [3.05, 3.63) is 69.8 Å². The molecule has 0 spiro atoms. The molecule has 4 aliphatic heterocycles. The summed E-state index contributed by atoms with van der Waals surface area (Å²) in [6.07, 6.45) is 14.2. The normalized spacial score (nSPS) is 14.7. The SMILES string of the molecule is CCCCSc1cc2c(cc1SCCCC)C1=NC3=NC(=NC4=NC(=NC2=N1)c1cc(SCCCC)c(SCCCC)cc14)c1cc(SCCCC)c(SCCCC)cc13. The third kappa shape index (κ3) is 10.9. The molecule has 0 aromatic heterocycles. The second-order valence-electron chi connectivity index (χ2n) is 15.4. The molecule has 6 bridgehead atoms. The molecular formula is C48H60N6S6. The first-order chi connectivity index (χ1) is 29.5. The van der Waals surface area contributed by atoms with Gasteiger partial charge in [0, 0.05) is 62.8 Å². The molecule has 0 N–H and O–H groups in total. The van der Waals surface area contributed by atoms with E-state index in [0.717, 1.165) is 67.9 Å². The molecule has 4 heterocycles. The molecule has 0 saturated heterocycles. The number of rotatable bonds is 24. The van der Waals surface area contributed by atoms with Crippen molar-refractivity contribution in [2.75, 3.05) is 34.5 Å². The first kappa shape index (κ1) is 45.8. The van der Waals surface area contributed by atoms with E-state index in [9.17, 15) is 0 Å². The van der Waals surface area contributed by atoms with Gasteiger partial charge < -0.3 is 0 Å². The quantitative estimate of drug-likeness (QED) is 0.0658. The molecule has 318 valence electrons. The van der Waals surface area contributed by atoms with Crippen LogP contribution in [0.25, 0.3) is 0 Å². The Labute approximate surface area is 385 Å². The molecule has 0 atom stereocenters. The van der Waals surface area contributed by atoms with Crippen molar-refractivity contribution in [2.45, 2.75) is 148 Å². The maximum atomic E-state index is 5.38. The zero-order chi connectivity index (χ0) is 41.8. The lowest BCUT2D eigenvalue weighted by atomic mass is 10.1. The summed E-state index contributed by atoms with van der Waals surface area (Å²) in [4.78, 5) is 39.8. The lowest BCUT2D eigenvalue weighted by Crippen LogP contribution is -2.04. The van der Waals surface area contributed by atoms with Gasteiger partial charge in [0.25, 0.3) is 0 Å². The minimum Gasteiger partial charge on any atom is -0.208 e. The average Bonchev–Trinajstić information content (AvgIpc) is 3.88. The molecule has 3 aromatic rings. The van der Waals surface area contributed by atoms with Crippen LogP contribution in [0.2, 0.25) is 0 Å². The van der Waals surface area contributed by atoms with Gasteiger partial charge in [0.15, 0.2) is 35.0 Å². The Bertz CT molecular complexity index is 1960. The summed E-state index contributed by atoms with van der Waals surface area (Å²) >= 11 is 11.7. The topological polar surface area (TPSA) is 74.2 Å². The summed E-state index contributed by atoms with van der Waals surface area (Å²) in [5.74, 6) is 10.5. The van der Waals surface area contributed by atoms with Crippen LogP contribution in [-0.4, -0.2) is 69.5 Å². The third-order valence-corrected chi connectivity index (χ3v) is 17.7. The molecule has 12 heteroatoms. The maximum Gasteiger partial charge on any atom is 0.164 e. The Morgan fingerprint density at radius 1 is 0.267 bits per heavy atom. The minimum absolute atomic E-state index is 0.667. The smallest absolute Gasteiger partial charge is 0.164 e. The fourth-order valence-corrected chi connectivity index (χ4v) is 14.3. The predicted molar refractivity (Wildman–Crippen MR) is 272 cm³/mol. The molecule has 0 saturated carbocycles. The molecule has 0 aliphatic carbocycles. The molecule has 7 rings (SSSR count). The van der Waals surface area contributed by atoms with Gasteiger partial charge in [-0.15, -0.1) is 70.6 Å². The van der Waals surface area contributed by atoms with Gasteiger partial charge in [-0.05, 0) is 109 Å². The number of hydrogen-bond donors (Lipinski definition) is 0. The maximum absolute atomic E-state index is 5.38. The molecular weight excluding hydrogens is 853 g/mol. The molecule has 4 aliphatic rings. The number of amidine groups is 6. The Hall–Kier alpha value is -2.22. The van der Waals surface area contributed by atoms with Gasteiger partial charge in [-0.1, -0.05) is 80.1 Å². The molecule has 0 radical (unpaired) electrons. The van der Waals surface area contributed by atoms with E-state index in [1.165, 1.54) is 106 Å². The van der Waals surface area contributed by atoms with Crippen LogP contribution in [-0.2, 0) is 0 Å². The number of benzene rings is 3. The van der Waals surface area contributed by atoms with Gasteiger partial charge in [-0.3, -0.25) is 0 Å². The molecule has 0 fully saturated rings. The number of nitrogens with zero attached hydrogens (tertiary/aromatic N) is 6. The summed E-state index contributed by atoms with van der Waals surface area (Å²) in [6, 6.07) is 14.0. The highest BCUT2D eigenvalue weighted by atomic mass is 32.2. The zero-order valence-corrected chi connectivity index (χ0v) is 41.2. The number of hydrogen-bond acceptors (Lipinski definition) is 12. The van der Waals surface area contributed by atoms with Crippen LogP contribution in [0.5, 0.6) is 0 Å². The fourth-order valence-electron chi connectivity index (χ4n) is 6.90. The minimum atomic E-state index is 0.667. The number of thioether (sulfide) groups is 6. The van der Waals surface area contributed by atoms with Gasteiger partial charge >= 0.3 is 0 Å². The summed E-state index contributed by atoms with van der Waals surface area (Å²) in [7, 11) is 0. The third-order valence-electron chi connectivity index (χ3n) is 10.5. The van der Waals surface area contributed by atoms with Crippen LogP contribution in [0, 0.1) is 0 Å². The van der Waals surface area contributed by atoms with E-state index in [1.807, 2.05) is 70.6 Å². The van der Waals surface area contributed by atoms with Crippen molar-refractivity contribution in [3.63, 3.8) is 0 Å². The monoisotopic (exact) mass is 912 g/mol. The van der Waals surface area contributed by atoms with Crippen molar-refractivity contribution in [1.29, 1.82) is 0 Å². The van der Waals surface area contributed by atoms with E-state index < -0.39 is 0 Å². The Kier molecular flexibility index (Phi) is 17.5. The summed E-state index contributed by atoms with van der Waals surface area (Å²) in [5, 5.41) is 0. The number of unbranched alkanes of at least 4 members (excludes halogenated alkanes) is 6. The number of fused-ring (bicyclic) bond motifs is 12. The van der Waals surface area contributed by atoms with Crippen molar-refractivity contribution in [2.24, 2.45) is 30.0 Å². The van der Waals surface area contributed by atoms with Crippen molar-refractivity contribution in [3.8, 4) is 0 Å². The van der Waals surface area contributed by atoms with Crippen LogP contribution in [0.4, 0.5) is 0 Å². The molecule has 0 unspecified atom stereocenters. The Morgan fingerprint density at radius 2 is 0.417 bits per heavy atom. The molecule has 3 aromatic carbocycles. The van der Waals surface area contributed by atoms with E-state index in [2.05, 4.69) is 77.9 Å². The molecule has 0 amide bonds. The predicted octanol–water partition coefficient (Wildman–Crippen LogP) is 15.0. The second kappa shape index (κ2) is 22.9. The summed E-state index contributed by atoms with van der Waals surface area (Å²) in [5.41, 5.74) is 6.12. The van der Waals surface area contributed by atoms with Gasteiger partial charge in [-0.25, -0.2) is 30.0 Å². The average molecular weight is 913 g/mol. The van der Waals surface area contributed by atoms with Gasteiger partial charge in [0.05, 0.1) is 0 Å². The van der Waals surface area contributed by atoms with E-state index in [4.69, 9.17) is 30.0 Å². The summed E-state index contributed by atoms with van der Waals surface area (Å²) in [6.45, 7) is 13.6. The van der Waals surface area contributed by atoms with E-state index in [0.29, 0.717) is 35.0 Å². The Morgan fingerprint density at radius 3 is 0.550 bits per heavy atom. The molecule has 60 heavy (non-hydrogen) atoms. The highest BCUT2D eigenvalue weighted by Crippen LogP contribution is 2.42. The van der Waals surface area contributed by atoms with Gasteiger partial charge in [0.1, 0.15) is 0 Å². The number of aliphatic imine (C=N–C) groups is 6. The van der Waals surface area contributed by atoms with Crippen molar-refractivity contribution < 1.29 is 0 Å². The lowest BCUT2D eigenvalue weighted by Gasteiger charge is -2.13. The fraction of sp³-hybridized carbons (Fsp3) is 0.500. The standard InChI is InChI=1S/C48H60N6S6/c1-7-13-19-55-37-25-31-32(26-38(37)56-20-14-8-2)44-49-43(31)52-45-33-27-39(57-21-15-9-3)40(58-22-16-10-4)28-34(33)47(50-45)54-48-36-30-42(60-24-18-12-6)41(59-23-17-11-5)29-35(36)46(51-48)53-44/h25-30H,7-24H2,1-6H3. The highest BCUT2D eigenvalue weighted by molar-refractivity contribution is 8.03. The van der Waals surface area contributed by atoms with E-state index in [1.54, 1.807) is 0 Å². The van der Waals surface area contributed by atoms with Crippen LogP contribution < -0.4 is 0 Å². The van der Waals surface area contributed by atoms with Gasteiger partial charge in [-0.2, -0.15) is 0 Å². The van der Waals surface area contributed by atoms with Crippen LogP contribution >= 0.6 is 70.6 Å². The lowest BCUT2D eigenvalue weighted by molar-refractivity contribution is 0.893. The zero-order valence-electron chi connectivity index (χ0n) is 36.3.